The number of methoxy groups -OCH3 is 2. The number of aromatic nitrogens is 1. The Hall–Kier alpha value is -1.29. The maximum Gasteiger partial charge on any atom is 0.339 e. The topological polar surface area (TPSA) is 40.5 Å². The van der Waals surface area contributed by atoms with Gasteiger partial charge in [0.25, 0.3) is 0 Å². The van der Waals surface area contributed by atoms with Crippen molar-refractivity contribution < 1.29 is 14.3 Å². The highest BCUT2D eigenvalue weighted by atomic mass is 16.5. The number of carbonyl (C=O) groups is 1. The molecule has 0 bridgehead atoms. The van der Waals surface area contributed by atoms with Crippen LogP contribution in [0, 0.1) is 0 Å². The molecule has 0 N–H and O–H groups in total. The van der Waals surface area contributed by atoms with E-state index in [9.17, 15) is 4.79 Å². The summed E-state index contributed by atoms with van der Waals surface area (Å²) in [6, 6.07) is 1.73. The number of hydrogen-bond donors (Lipinski definition) is 0. The third-order valence-corrected chi connectivity index (χ3v) is 2.29. The molecule has 0 aliphatic rings. The SMILES string of the molecule is COC(=O)c1ccn(CC(C)(C)OC)c1. The minimum absolute atomic E-state index is 0.244. The van der Waals surface area contributed by atoms with E-state index in [1.807, 2.05) is 24.6 Å². The highest BCUT2D eigenvalue weighted by molar-refractivity contribution is 5.89. The van der Waals surface area contributed by atoms with Gasteiger partial charge in [0.1, 0.15) is 0 Å². The van der Waals surface area contributed by atoms with Gasteiger partial charge in [-0.3, -0.25) is 0 Å². The molecule has 1 rings (SSSR count). The van der Waals surface area contributed by atoms with E-state index in [4.69, 9.17) is 4.74 Å². The lowest BCUT2D eigenvalue weighted by molar-refractivity contribution is 0.00817. The molecule has 0 aliphatic carbocycles. The Balaban J connectivity index is 2.73. The molecule has 1 aromatic heterocycles. The van der Waals surface area contributed by atoms with Gasteiger partial charge in [-0.25, -0.2) is 4.79 Å². The van der Waals surface area contributed by atoms with Crippen LogP contribution in [-0.2, 0) is 16.0 Å². The van der Waals surface area contributed by atoms with Gasteiger partial charge in [0, 0.05) is 19.5 Å². The largest absolute Gasteiger partial charge is 0.465 e. The van der Waals surface area contributed by atoms with Gasteiger partial charge < -0.3 is 14.0 Å². The minimum atomic E-state index is -0.316. The summed E-state index contributed by atoms with van der Waals surface area (Å²) in [6.07, 6.45) is 3.60. The molecular formula is C11H17NO3. The van der Waals surface area contributed by atoms with E-state index >= 15 is 0 Å². The first-order valence-corrected chi connectivity index (χ1v) is 4.78. The number of nitrogens with zero attached hydrogens (tertiary/aromatic N) is 1. The Labute approximate surface area is 89.8 Å². The van der Waals surface area contributed by atoms with Crippen LogP contribution in [0.4, 0.5) is 0 Å². The van der Waals surface area contributed by atoms with Gasteiger partial charge in [-0.15, -0.1) is 0 Å². The Kier molecular flexibility index (Phi) is 3.52. The molecule has 0 aliphatic heterocycles. The van der Waals surface area contributed by atoms with E-state index in [2.05, 4.69) is 4.74 Å². The maximum absolute atomic E-state index is 11.2. The highest BCUT2D eigenvalue weighted by Gasteiger charge is 2.17. The molecular weight excluding hydrogens is 194 g/mol. The smallest absolute Gasteiger partial charge is 0.339 e. The van der Waals surface area contributed by atoms with Crippen LogP contribution in [0.25, 0.3) is 0 Å². The van der Waals surface area contributed by atoms with Crippen LogP contribution in [0.1, 0.15) is 24.2 Å². The highest BCUT2D eigenvalue weighted by Crippen LogP contribution is 2.12. The fourth-order valence-corrected chi connectivity index (χ4v) is 1.28. The fraction of sp³-hybridized carbons (Fsp3) is 0.545. The van der Waals surface area contributed by atoms with Crippen LogP contribution in [0.3, 0.4) is 0 Å². The normalized spacial score (nSPS) is 11.5. The van der Waals surface area contributed by atoms with Crippen LogP contribution >= 0.6 is 0 Å². The second-order valence-corrected chi connectivity index (χ2v) is 4.03. The second kappa shape index (κ2) is 4.49. The first kappa shape index (κ1) is 11.8. The summed E-state index contributed by atoms with van der Waals surface area (Å²) >= 11 is 0. The Morgan fingerprint density at radius 2 is 2.13 bits per heavy atom. The third-order valence-electron chi connectivity index (χ3n) is 2.29. The summed E-state index contributed by atoms with van der Waals surface area (Å²) < 4.78 is 11.8. The summed E-state index contributed by atoms with van der Waals surface area (Å²) in [5.41, 5.74) is 0.316. The van der Waals surface area contributed by atoms with Crippen molar-refractivity contribution in [3.63, 3.8) is 0 Å². The molecule has 15 heavy (non-hydrogen) atoms. The van der Waals surface area contributed by atoms with Gasteiger partial charge in [0.05, 0.1) is 24.8 Å². The standard InChI is InChI=1S/C11H17NO3/c1-11(2,15-4)8-12-6-5-9(7-12)10(13)14-3/h5-7H,8H2,1-4H3. The number of ether oxygens (including phenoxy) is 2. The Morgan fingerprint density at radius 1 is 1.47 bits per heavy atom. The summed E-state index contributed by atoms with van der Waals surface area (Å²) in [6.45, 7) is 4.68. The molecule has 0 spiro atoms. The Morgan fingerprint density at radius 3 is 2.67 bits per heavy atom. The van der Waals surface area contributed by atoms with Crippen molar-refractivity contribution in [1.29, 1.82) is 0 Å². The van der Waals surface area contributed by atoms with Crippen LogP contribution < -0.4 is 0 Å². The van der Waals surface area contributed by atoms with Crippen molar-refractivity contribution >= 4 is 5.97 Å². The van der Waals surface area contributed by atoms with Crippen molar-refractivity contribution in [1.82, 2.24) is 4.57 Å². The molecule has 0 saturated carbocycles. The molecule has 0 aromatic carbocycles. The van der Waals surface area contributed by atoms with Gasteiger partial charge >= 0.3 is 5.97 Å². The third kappa shape index (κ3) is 3.09. The van der Waals surface area contributed by atoms with E-state index in [-0.39, 0.29) is 11.6 Å². The van der Waals surface area contributed by atoms with Crippen molar-refractivity contribution in [3.05, 3.63) is 24.0 Å². The zero-order valence-electron chi connectivity index (χ0n) is 9.61. The molecule has 4 heteroatoms. The average molecular weight is 211 g/mol. The van der Waals surface area contributed by atoms with Crippen molar-refractivity contribution in [2.45, 2.75) is 26.0 Å². The van der Waals surface area contributed by atoms with E-state index in [1.54, 1.807) is 19.4 Å². The number of esters is 1. The van der Waals surface area contributed by atoms with E-state index in [0.29, 0.717) is 12.1 Å². The molecule has 0 unspecified atom stereocenters. The predicted molar refractivity (Wildman–Crippen MR) is 56.9 cm³/mol. The molecule has 0 radical (unpaired) electrons. The molecule has 0 saturated heterocycles. The van der Waals surface area contributed by atoms with Gasteiger partial charge in [-0.2, -0.15) is 0 Å². The second-order valence-electron chi connectivity index (χ2n) is 4.03. The summed E-state index contributed by atoms with van der Waals surface area (Å²) in [4.78, 5) is 11.2. The lowest BCUT2D eigenvalue weighted by Crippen LogP contribution is -2.28. The molecule has 4 nitrogen and oxygen atoms in total. The lowest BCUT2D eigenvalue weighted by Gasteiger charge is -2.23. The molecule has 1 heterocycles. The quantitative estimate of drug-likeness (QED) is 0.712. The van der Waals surface area contributed by atoms with Gasteiger partial charge in [-0.05, 0) is 19.9 Å². The molecule has 1 aromatic rings. The van der Waals surface area contributed by atoms with Crippen LogP contribution in [0.5, 0.6) is 0 Å². The van der Waals surface area contributed by atoms with Crippen LogP contribution in [-0.4, -0.2) is 30.4 Å². The fourth-order valence-electron chi connectivity index (χ4n) is 1.28. The van der Waals surface area contributed by atoms with E-state index in [0.717, 1.165) is 0 Å². The molecule has 0 amide bonds. The van der Waals surface area contributed by atoms with E-state index < -0.39 is 0 Å². The Bertz CT molecular complexity index is 341. The van der Waals surface area contributed by atoms with Crippen molar-refractivity contribution in [2.75, 3.05) is 14.2 Å². The predicted octanol–water partition coefficient (Wildman–Crippen LogP) is 1.70. The van der Waals surface area contributed by atoms with E-state index in [1.165, 1.54) is 7.11 Å². The monoisotopic (exact) mass is 211 g/mol. The number of carbonyl (C=O) groups excluding carboxylic acids is 1. The summed E-state index contributed by atoms with van der Waals surface area (Å²) in [5.74, 6) is -0.316. The van der Waals surface area contributed by atoms with Crippen LogP contribution in [0.2, 0.25) is 0 Å². The number of rotatable bonds is 4. The summed E-state index contributed by atoms with van der Waals surface area (Å²) in [5, 5.41) is 0. The van der Waals surface area contributed by atoms with Gasteiger partial charge in [0.2, 0.25) is 0 Å². The molecule has 0 atom stereocenters. The molecule has 0 fully saturated rings. The van der Waals surface area contributed by atoms with Crippen LogP contribution in [0.15, 0.2) is 18.5 Å². The zero-order valence-corrected chi connectivity index (χ0v) is 9.61. The van der Waals surface area contributed by atoms with Crippen molar-refractivity contribution in [3.8, 4) is 0 Å². The zero-order chi connectivity index (χ0) is 11.5. The minimum Gasteiger partial charge on any atom is -0.465 e. The first-order valence-electron chi connectivity index (χ1n) is 4.78. The molecule has 84 valence electrons. The van der Waals surface area contributed by atoms with Gasteiger partial charge in [-0.1, -0.05) is 0 Å². The maximum atomic E-state index is 11.2. The first-order chi connectivity index (χ1) is 6.98. The lowest BCUT2D eigenvalue weighted by atomic mass is 10.1. The number of hydrogen-bond acceptors (Lipinski definition) is 3. The average Bonchev–Trinajstić information content (AvgIpc) is 2.64. The van der Waals surface area contributed by atoms with Crippen molar-refractivity contribution in [2.24, 2.45) is 0 Å². The summed E-state index contributed by atoms with van der Waals surface area (Å²) in [7, 11) is 3.05. The van der Waals surface area contributed by atoms with Gasteiger partial charge in [0.15, 0.2) is 0 Å².